The van der Waals surface area contributed by atoms with Crippen LogP contribution in [0.4, 0.5) is 0 Å². The molecule has 1 heterocycles. The van der Waals surface area contributed by atoms with Crippen LogP contribution < -0.4 is 0 Å². The van der Waals surface area contributed by atoms with Crippen molar-refractivity contribution in [2.24, 2.45) is 0 Å². The van der Waals surface area contributed by atoms with Crippen LogP contribution in [0.2, 0.25) is 0 Å². The van der Waals surface area contributed by atoms with Gasteiger partial charge >= 0.3 is 0 Å². The molecule has 2 aliphatic rings. The summed E-state index contributed by atoms with van der Waals surface area (Å²) in [5.41, 5.74) is 6.82. The Balaban J connectivity index is 1.68. The van der Waals surface area contributed by atoms with E-state index in [2.05, 4.69) is 35.5 Å². The second kappa shape index (κ2) is 5.31. The molecule has 108 valence electrons. The average Bonchev–Trinajstić information content (AvgIpc) is 3.25. The number of allylic oxidation sites excluding steroid dienone is 3. The lowest BCUT2D eigenvalue weighted by molar-refractivity contribution is 0.652. The quantitative estimate of drug-likeness (QED) is 0.860. The zero-order chi connectivity index (χ0) is 14.9. The van der Waals surface area contributed by atoms with Crippen LogP contribution in [0.1, 0.15) is 41.8 Å². The number of nitrogens with zero attached hydrogens (tertiary/aromatic N) is 3. The number of hydrogen-bond acceptors (Lipinski definition) is 2. The van der Waals surface area contributed by atoms with Gasteiger partial charge in [-0.05, 0) is 42.0 Å². The molecule has 0 bridgehead atoms. The standard InChI is InChI=1S/C19H17N3/c20-12-18-17-10-16(15-8-4-5-9-15)11-19(17)22(21-18)13-14-6-2-1-3-7-14/h1-3,6-8,10H,4-5,9,11,13H2. The van der Waals surface area contributed by atoms with Crippen LogP contribution in [0, 0.1) is 11.3 Å². The van der Waals surface area contributed by atoms with E-state index in [0.717, 1.165) is 18.5 Å². The third-order valence-electron chi connectivity index (χ3n) is 4.51. The van der Waals surface area contributed by atoms with Crippen LogP contribution in [-0.4, -0.2) is 9.78 Å². The molecule has 0 amide bonds. The van der Waals surface area contributed by atoms with Gasteiger partial charge in [0.2, 0.25) is 0 Å². The zero-order valence-electron chi connectivity index (χ0n) is 12.4. The fourth-order valence-corrected chi connectivity index (χ4v) is 3.39. The van der Waals surface area contributed by atoms with Crippen molar-refractivity contribution in [3.8, 4) is 6.07 Å². The van der Waals surface area contributed by atoms with Gasteiger partial charge in [0.05, 0.1) is 12.2 Å². The van der Waals surface area contributed by atoms with E-state index in [9.17, 15) is 5.26 Å². The van der Waals surface area contributed by atoms with Gasteiger partial charge in [-0.25, -0.2) is 0 Å². The van der Waals surface area contributed by atoms with E-state index in [1.165, 1.54) is 41.7 Å². The summed E-state index contributed by atoms with van der Waals surface area (Å²) in [7, 11) is 0. The van der Waals surface area contributed by atoms with Crippen LogP contribution in [-0.2, 0) is 13.0 Å². The van der Waals surface area contributed by atoms with Gasteiger partial charge in [-0.2, -0.15) is 10.4 Å². The number of fused-ring (bicyclic) bond motifs is 1. The molecule has 0 N–H and O–H groups in total. The van der Waals surface area contributed by atoms with E-state index in [-0.39, 0.29) is 0 Å². The molecular formula is C19H17N3. The maximum atomic E-state index is 9.36. The van der Waals surface area contributed by atoms with Crippen LogP contribution in [0.5, 0.6) is 0 Å². The molecule has 3 nitrogen and oxygen atoms in total. The van der Waals surface area contributed by atoms with Gasteiger partial charge in [0, 0.05) is 12.0 Å². The fraction of sp³-hybridized carbons (Fsp3) is 0.263. The third-order valence-corrected chi connectivity index (χ3v) is 4.51. The van der Waals surface area contributed by atoms with Gasteiger partial charge in [-0.1, -0.05) is 36.4 Å². The molecule has 0 saturated heterocycles. The van der Waals surface area contributed by atoms with E-state index in [1.54, 1.807) is 0 Å². The van der Waals surface area contributed by atoms with Gasteiger partial charge in [-0.15, -0.1) is 0 Å². The van der Waals surface area contributed by atoms with Gasteiger partial charge in [-0.3, -0.25) is 4.68 Å². The Morgan fingerprint density at radius 2 is 2.05 bits per heavy atom. The first kappa shape index (κ1) is 13.1. The Morgan fingerprint density at radius 1 is 1.18 bits per heavy atom. The van der Waals surface area contributed by atoms with Crippen molar-refractivity contribution in [3.05, 3.63) is 70.1 Å². The Morgan fingerprint density at radius 3 is 2.77 bits per heavy atom. The van der Waals surface area contributed by atoms with Crippen molar-refractivity contribution >= 4 is 6.08 Å². The summed E-state index contributed by atoms with van der Waals surface area (Å²) >= 11 is 0. The molecule has 2 aromatic rings. The number of aromatic nitrogens is 2. The first-order valence-electron chi connectivity index (χ1n) is 7.79. The monoisotopic (exact) mass is 287 g/mol. The van der Waals surface area contributed by atoms with E-state index >= 15 is 0 Å². The predicted molar refractivity (Wildman–Crippen MR) is 86.1 cm³/mol. The molecule has 2 aliphatic carbocycles. The molecule has 0 radical (unpaired) electrons. The minimum absolute atomic E-state index is 0.555. The van der Waals surface area contributed by atoms with Crippen molar-refractivity contribution < 1.29 is 0 Å². The number of benzene rings is 1. The Bertz CT molecular complexity index is 816. The Hall–Kier alpha value is -2.60. The second-order valence-corrected chi connectivity index (χ2v) is 5.93. The molecule has 0 aliphatic heterocycles. The van der Waals surface area contributed by atoms with Gasteiger partial charge in [0.25, 0.3) is 0 Å². The summed E-state index contributed by atoms with van der Waals surface area (Å²) < 4.78 is 2.00. The second-order valence-electron chi connectivity index (χ2n) is 5.93. The summed E-state index contributed by atoms with van der Waals surface area (Å²) in [6.07, 6.45) is 9.04. The van der Waals surface area contributed by atoms with E-state index in [1.807, 2.05) is 22.9 Å². The van der Waals surface area contributed by atoms with Gasteiger partial charge < -0.3 is 0 Å². The van der Waals surface area contributed by atoms with Crippen LogP contribution in [0.15, 0.2) is 47.6 Å². The van der Waals surface area contributed by atoms with Crippen molar-refractivity contribution in [3.63, 3.8) is 0 Å². The van der Waals surface area contributed by atoms with E-state index in [0.29, 0.717) is 5.69 Å². The fourth-order valence-electron chi connectivity index (χ4n) is 3.39. The van der Waals surface area contributed by atoms with E-state index in [4.69, 9.17) is 0 Å². The number of rotatable bonds is 3. The lowest BCUT2D eigenvalue weighted by atomic mass is 10.0. The molecule has 1 aromatic carbocycles. The highest BCUT2D eigenvalue weighted by molar-refractivity contribution is 5.70. The highest BCUT2D eigenvalue weighted by Crippen LogP contribution is 2.35. The summed E-state index contributed by atoms with van der Waals surface area (Å²) in [6, 6.07) is 12.5. The molecule has 0 atom stereocenters. The summed E-state index contributed by atoms with van der Waals surface area (Å²) in [6.45, 7) is 0.727. The molecule has 0 unspecified atom stereocenters. The largest absolute Gasteiger partial charge is 0.263 e. The minimum Gasteiger partial charge on any atom is -0.263 e. The summed E-state index contributed by atoms with van der Waals surface area (Å²) in [4.78, 5) is 0. The molecule has 0 spiro atoms. The predicted octanol–water partition coefficient (Wildman–Crippen LogP) is 3.85. The minimum atomic E-state index is 0.555. The molecule has 4 rings (SSSR count). The first-order chi connectivity index (χ1) is 10.8. The van der Waals surface area contributed by atoms with Crippen molar-refractivity contribution in [1.29, 1.82) is 5.26 Å². The Kier molecular flexibility index (Phi) is 3.16. The topological polar surface area (TPSA) is 41.6 Å². The normalized spacial score (nSPS) is 16.1. The van der Waals surface area contributed by atoms with Crippen LogP contribution in [0.25, 0.3) is 6.08 Å². The molecule has 3 heteroatoms. The Labute approximate surface area is 130 Å². The molecule has 1 aromatic heterocycles. The smallest absolute Gasteiger partial charge is 0.170 e. The summed E-state index contributed by atoms with van der Waals surface area (Å²) in [5.74, 6) is 0. The SMILES string of the molecule is N#Cc1nn(Cc2ccccc2)c2c1C=C(C1=CCCC1)C2. The molecule has 22 heavy (non-hydrogen) atoms. The van der Waals surface area contributed by atoms with Crippen molar-refractivity contribution in [1.82, 2.24) is 9.78 Å². The molecule has 0 fully saturated rings. The highest BCUT2D eigenvalue weighted by atomic mass is 15.3. The number of nitriles is 1. The van der Waals surface area contributed by atoms with Gasteiger partial charge in [0.1, 0.15) is 6.07 Å². The molecule has 0 saturated carbocycles. The maximum absolute atomic E-state index is 9.36. The zero-order valence-corrected chi connectivity index (χ0v) is 12.4. The maximum Gasteiger partial charge on any atom is 0.170 e. The van der Waals surface area contributed by atoms with Crippen LogP contribution in [0.3, 0.4) is 0 Å². The lowest BCUT2D eigenvalue weighted by Gasteiger charge is -2.08. The lowest BCUT2D eigenvalue weighted by Crippen LogP contribution is -2.06. The van der Waals surface area contributed by atoms with Crippen molar-refractivity contribution in [2.45, 2.75) is 32.2 Å². The van der Waals surface area contributed by atoms with Crippen molar-refractivity contribution in [2.75, 3.05) is 0 Å². The summed E-state index contributed by atoms with van der Waals surface area (Å²) in [5, 5.41) is 13.9. The molecular weight excluding hydrogens is 270 g/mol. The van der Waals surface area contributed by atoms with Gasteiger partial charge in [0.15, 0.2) is 5.69 Å². The average molecular weight is 287 g/mol. The third kappa shape index (κ3) is 2.17. The number of hydrogen-bond donors (Lipinski definition) is 0. The first-order valence-corrected chi connectivity index (χ1v) is 7.79. The van der Waals surface area contributed by atoms with Crippen LogP contribution >= 0.6 is 0 Å². The van der Waals surface area contributed by atoms with E-state index < -0.39 is 0 Å². The highest BCUT2D eigenvalue weighted by Gasteiger charge is 2.25.